The summed E-state index contributed by atoms with van der Waals surface area (Å²) in [4.78, 5) is 0. The van der Waals surface area contributed by atoms with Gasteiger partial charge in [-0.25, -0.2) is 0 Å². The molecule has 2 atom stereocenters. The fourth-order valence-electron chi connectivity index (χ4n) is 2.76. The molecule has 1 fully saturated rings. The highest BCUT2D eigenvalue weighted by Gasteiger charge is 2.27. The molecule has 4 heteroatoms. The molecule has 4 nitrogen and oxygen atoms in total. The van der Waals surface area contributed by atoms with Gasteiger partial charge in [0.1, 0.15) is 11.8 Å². The molecule has 0 aliphatic carbocycles. The summed E-state index contributed by atoms with van der Waals surface area (Å²) in [7, 11) is 0. The molecule has 22 heavy (non-hydrogen) atoms. The van der Waals surface area contributed by atoms with Gasteiger partial charge in [-0.1, -0.05) is 12.1 Å². The van der Waals surface area contributed by atoms with E-state index in [9.17, 15) is 0 Å². The molecule has 1 saturated heterocycles. The third kappa shape index (κ3) is 5.32. The quantitative estimate of drug-likeness (QED) is 0.875. The van der Waals surface area contributed by atoms with Crippen molar-refractivity contribution in [1.29, 1.82) is 5.26 Å². The van der Waals surface area contributed by atoms with Crippen LogP contribution in [0.3, 0.4) is 0 Å². The van der Waals surface area contributed by atoms with Gasteiger partial charge in [0.25, 0.3) is 0 Å². The first-order chi connectivity index (χ1) is 10.5. The van der Waals surface area contributed by atoms with Gasteiger partial charge in [-0.15, -0.1) is 0 Å². The van der Waals surface area contributed by atoms with Crippen LogP contribution < -0.4 is 10.1 Å². The van der Waals surface area contributed by atoms with Crippen LogP contribution in [0.4, 0.5) is 0 Å². The van der Waals surface area contributed by atoms with Crippen LogP contribution in [0.1, 0.15) is 45.6 Å². The summed E-state index contributed by atoms with van der Waals surface area (Å²) in [5, 5.41) is 12.2. The number of hydrogen-bond acceptors (Lipinski definition) is 4. The van der Waals surface area contributed by atoms with Gasteiger partial charge in [0.05, 0.1) is 11.7 Å². The van der Waals surface area contributed by atoms with Crippen LogP contribution in [-0.4, -0.2) is 24.4 Å². The second kappa shape index (κ2) is 7.62. The van der Waals surface area contributed by atoms with E-state index < -0.39 is 6.10 Å². The Bertz CT molecular complexity index is 505. The minimum atomic E-state index is -0.421. The van der Waals surface area contributed by atoms with Crippen LogP contribution >= 0.6 is 0 Å². The maximum atomic E-state index is 8.73. The van der Waals surface area contributed by atoms with Gasteiger partial charge >= 0.3 is 0 Å². The molecule has 0 bridgehead atoms. The highest BCUT2D eigenvalue weighted by molar-refractivity contribution is 5.27. The zero-order chi connectivity index (χ0) is 16.0. The number of rotatable bonds is 6. The van der Waals surface area contributed by atoms with E-state index in [1.165, 1.54) is 12.0 Å². The molecule has 0 saturated carbocycles. The Kier molecular flexibility index (Phi) is 5.82. The lowest BCUT2D eigenvalue weighted by molar-refractivity contribution is -0.104. The SMILES string of the molecule is CC(C#N)Oc1ccc(CNCC2CCCC(C)(C)O2)cc1. The Morgan fingerprint density at radius 2 is 2.14 bits per heavy atom. The van der Waals surface area contributed by atoms with Crippen LogP contribution in [0.2, 0.25) is 0 Å². The third-order valence-electron chi connectivity index (χ3n) is 3.91. The van der Waals surface area contributed by atoms with Gasteiger partial charge in [-0.2, -0.15) is 5.26 Å². The van der Waals surface area contributed by atoms with Crippen molar-refractivity contribution in [3.63, 3.8) is 0 Å². The molecule has 0 amide bonds. The number of nitriles is 1. The average Bonchev–Trinajstić information content (AvgIpc) is 2.48. The molecule has 0 aromatic heterocycles. The van der Waals surface area contributed by atoms with Crippen molar-refractivity contribution in [2.75, 3.05) is 6.54 Å². The van der Waals surface area contributed by atoms with Crippen LogP contribution in [0.5, 0.6) is 5.75 Å². The summed E-state index contributed by atoms with van der Waals surface area (Å²) in [6.07, 6.45) is 3.41. The lowest BCUT2D eigenvalue weighted by Gasteiger charge is -2.36. The van der Waals surface area contributed by atoms with Gasteiger partial charge in [0, 0.05) is 13.1 Å². The van der Waals surface area contributed by atoms with Crippen molar-refractivity contribution < 1.29 is 9.47 Å². The maximum absolute atomic E-state index is 8.73. The molecule has 120 valence electrons. The molecule has 1 aromatic rings. The van der Waals surface area contributed by atoms with E-state index in [1.807, 2.05) is 24.3 Å². The molecule has 1 heterocycles. The summed E-state index contributed by atoms with van der Waals surface area (Å²) in [6.45, 7) is 7.77. The summed E-state index contributed by atoms with van der Waals surface area (Å²) < 4.78 is 11.5. The van der Waals surface area contributed by atoms with E-state index in [4.69, 9.17) is 14.7 Å². The molecular formula is C18H26N2O2. The lowest BCUT2D eigenvalue weighted by Crippen LogP contribution is -2.40. The van der Waals surface area contributed by atoms with Crippen LogP contribution in [0.25, 0.3) is 0 Å². The standard InChI is InChI=1S/C18H26N2O2/c1-14(11-19)21-16-8-6-15(7-9-16)12-20-13-17-5-4-10-18(2,3)22-17/h6-9,14,17,20H,4-5,10,12-13H2,1-3H3. The van der Waals surface area contributed by atoms with Gasteiger partial charge < -0.3 is 14.8 Å². The minimum absolute atomic E-state index is 0.0149. The van der Waals surface area contributed by atoms with Crippen molar-refractivity contribution in [2.45, 2.75) is 64.4 Å². The monoisotopic (exact) mass is 302 g/mol. The second-order valence-electron chi connectivity index (χ2n) is 6.56. The van der Waals surface area contributed by atoms with Crippen molar-refractivity contribution >= 4 is 0 Å². The second-order valence-corrected chi connectivity index (χ2v) is 6.56. The van der Waals surface area contributed by atoms with Crippen LogP contribution in [-0.2, 0) is 11.3 Å². The lowest BCUT2D eigenvalue weighted by atomic mass is 9.95. The summed E-state index contributed by atoms with van der Waals surface area (Å²) in [5.74, 6) is 0.732. The topological polar surface area (TPSA) is 54.3 Å². The summed E-state index contributed by atoms with van der Waals surface area (Å²) in [5.41, 5.74) is 1.22. The van der Waals surface area contributed by atoms with E-state index in [1.54, 1.807) is 6.92 Å². The predicted molar refractivity (Wildman–Crippen MR) is 86.7 cm³/mol. The third-order valence-corrected chi connectivity index (χ3v) is 3.91. The number of nitrogens with zero attached hydrogens (tertiary/aromatic N) is 1. The molecule has 0 radical (unpaired) electrons. The van der Waals surface area contributed by atoms with Gasteiger partial charge in [-0.05, 0) is 57.7 Å². The van der Waals surface area contributed by atoms with E-state index in [0.29, 0.717) is 6.10 Å². The molecule has 1 aromatic carbocycles. The average molecular weight is 302 g/mol. The zero-order valence-electron chi connectivity index (χ0n) is 13.8. The molecule has 1 aliphatic heterocycles. The summed E-state index contributed by atoms with van der Waals surface area (Å²) in [6, 6.07) is 9.92. The fourth-order valence-corrected chi connectivity index (χ4v) is 2.76. The van der Waals surface area contributed by atoms with Gasteiger partial charge in [0.2, 0.25) is 0 Å². The number of ether oxygens (including phenoxy) is 2. The molecule has 0 spiro atoms. The number of hydrogen-bond donors (Lipinski definition) is 1. The first-order valence-electron chi connectivity index (χ1n) is 8.02. The zero-order valence-corrected chi connectivity index (χ0v) is 13.8. The van der Waals surface area contributed by atoms with Crippen molar-refractivity contribution in [2.24, 2.45) is 0 Å². The van der Waals surface area contributed by atoms with E-state index in [0.717, 1.165) is 31.7 Å². The molecule has 1 aliphatic rings. The smallest absolute Gasteiger partial charge is 0.181 e. The molecule has 2 rings (SSSR count). The first-order valence-corrected chi connectivity index (χ1v) is 8.02. The van der Waals surface area contributed by atoms with Gasteiger partial charge in [-0.3, -0.25) is 0 Å². The van der Waals surface area contributed by atoms with Gasteiger partial charge in [0.15, 0.2) is 6.10 Å². The Labute approximate surface area is 133 Å². The Morgan fingerprint density at radius 3 is 2.77 bits per heavy atom. The van der Waals surface area contributed by atoms with Crippen LogP contribution in [0.15, 0.2) is 24.3 Å². The van der Waals surface area contributed by atoms with Crippen LogP contribution in [0, 0.1) is 11.3 Å². The first kappa shape index (κ1) is 16.8. The van der Waals surface area contributed by atoms with Crippen molar-refractivity contribution in [3.8, 4) is 11.8 Å². The Hall–Kier alpha value is -1.57. The van der Waals surface area contributed by atoms with Crippen molar-refractivity contribution in [1.82, 2.24) is 5.32 Å². The van der Waals surface area contributed by atoms with Crippen molar-refractivity contribution in [3.05, 3.63) is 29.8 Å². The highest BCUT2D eigenvalue weighted by atomic mass is 16.5. The molecular weight excluding hydrogens is 276 g/mol. The maximum Gasteiger partial charge on any atom is 0.181 e. The summed E-state index contributed by atoms with van der Waals surface area (Å²) >= 11 is 0. The normalized spacial score (nSPS) is 21.8. The largest absolute Gasteiger partial charge is 0.476 e. The number of benzene rings is 1. The Balaban J connectivity index is 1.74. The van der Waals surface area contributed by atoms with E-state index >= 15 is 0 Å². The van der Waals surface area contributed by atoms with E-state index in [2.05, 4.69) is 25.2 Å². The Morgan fingerprint density at radius 1 is 1.41 bits per heavy atom. The predicted octanol–water partition coefficient (Wildman–Crippen LogP) is 3.41. The highest BCUT2D eigenvalue weighted by Crippen LogP contribution is 2.27. The fraction of sp³-hybridized carbons (Fsp3) is 0.611. The molecule has 2 unspecified atom stereocenters. The minimum Gasteiger partial charge on any atom is -0.476 e. The molecule has 1 N–H and O–H groups in total. The van der Waals surface area contributed by atoms with E-state index in [-0.39, 0.29) is 5.60 Å². The number of nitrogens with one attached hydrogen (secondary N) is 1.